The molecule has 2 atom stereocenters. The number of carbonyl (C=O) groups excluding carboxylic acids is 1. The molecule has 7 nitrogen and oxygen atoms in total. The first kappa shape index (κ1) is 21.3. The molecule has 0 spiro atoms. The molecule has 156 valence electrons. The molecule has 0 radical (unpaired) electrons. The third-order valence-electron chi connectivity index (χ3n) is 5.03. The molecule has 0 aliphatic carbocycles. The molecule has 0 bridgehead atoms. The average Bonchev–Trinajstić information content (AvgIpc) is 2.69. The number of hydrogen-bond acceptors (Lipinski definition) is 4. The second kappa shape index (κ2) is 9.37. The van der Waals surface area contributed by atoms with E-state index in [1.54, 1.807) is 4.90 Å². The fraction of sp³-hybridized carbons (Fsp3) is 0.429. The summed E-state index contributed by atoms with van der Waals surface area (Å²) in [6.45, 7) is 2.98. The van der Waals surface area contributed by atoms with Gasteiger partial charge in [-0.15, -0.1) is 0 Å². The average molecular weight is 417 g/mol. The van der Waals surface area contributed by atoms with Gasteiger partial charge >= 0.3 is 6.03 Å². The van der Waals surface area contributed by atoms with E-state index in [9.17, 15) is 13.2 Å². The molecule has 2 aromatic rings. The molecule has 2 N–H and O–H groups in total. The van der Waals surface area contributed by atoms with E-state index in [0.717, 1.165) is 29.6 Å². The van der Waals surface area contributed by atoms with Crippen molar-refractivity contribution >= 4 is 16.1 Å². The number of urea groups is 1. The largest absolute Gasteiger partial charge is 0.338 e. The van der Waals surface area contributed by atoms with Crippen LogP contribution in [0.4, 0.5) is 4.79 Å². The number of rotatable bonds is 6. The zero-order valence-electron chi connectivity index (χ0n) is 16.8. The Kier molecular flexibility index (Phi) is 6.87. The van der Waals surface area contributed by atoms with Crippen LogP contribution in [-0.4, -0.2) is 55.8 Å². The van der Waals surface area contributed by atoms with E-state index >= 15 is 0 Å². The van der Waals surface area contributed by atoms with Crippen LogP contribution in [0.25, 0.3) is 11.3 Å². The number of nitrogens with one attached hydrogen (secondary N) is 2. The van der Waals surface area contributed by atoms with Crippen LogP contribution in [0, 0.1) is 0 Å². The Hall–Kier alpha value is -2.45. The highest BCUT2D eigenvalue weighted by Crippen LogP contribution is 2.23. The van der Waals surface area contributed by atoms with Gasteiger partial charge in [0.25, 0.3) is 0 Å². The molecule has 1 aromatic carbocycles. The van der Waals surface area contributed by atoms with Crippen LogP contribution in [-0.2, 0) is 16.4 Å². The summed E-state index contributed by atoms with van der Waals surface area (Å²) in [5, 5.41) is 2.84. The smallest absolute Gasteiger partial charge is 0.317 e. The van der Waals surface area contributed by atoms with Crippen LogP contribution in [0.15, 0.2) is 48.5 Å². The van der Waals surface area contributed by atoms with E-state index in [4.69, 9.17) is 4.98 Å². The highest BCUT2D eigenvalue weighted by atomic mass is 32.2. The van der Waals surface area contributed by atoms with Gasteiger partial charge in [-0.3, -0.25) is 4.98 Å². The molecule has 1 aromatic heterocycles. The van der Waals surface area contributed by atoms with Gasteiger partial charge in [-0.05, 0) is 31.9 Å². The number of benzene rings is 1. The topological polar surface area (TPSA) is 91.4 Å². The van der Waals surface area contributed by atoms with Gasteiger partial charge in [-0.1, -0.05) is 36.4 Å². The molecular weight excluding hydrogens is 388 g/mol. The normalized spacial score (nSPS) is 19.7. The second-order valence-corrected chi connectivity index (χ2v) is 9.10. The Morgan fingerprint density at radius 1 is 1.17 bits per heavy atom. The van der Waals surface area contributed by atoms with E-state index in [1.807, 2.05) is 55.5 Å². The summed E-state index contributed by atoms with van der Waals surface area (Å²) in [6, 6.07) is 14.9. The number of likely N-dealkylation sites (tertiary alicyclic amines) is 1. The second-order valence-electron chi connectivity index (χ2n) is 7.32. The van der Waals surface area contributed by atoms with Gasteiger partial charge < -0.3 is 10.2 Å². The van der Waals surface area contributed by atoms with Crippen LogP contribution < -0.4 is 10.0 Å². The standard InChI is InChI=1S/C21H28N4O3S/c1-3-22-21(26)25-14-8-13-19(24-29(2,27)28)20(25)15-17-11-7-12-18(23-17)16-9-5-4-6-10-16/h4-7,9-12,19-20,24H,3,8,13-15H2,1-2H3,(H,22,26)/t19-,20-/m0/s1. The van der Waals surface area contributed by atoms with E-state index in [2.05, 4.69) is 10.0 Å². The number of sulfonamides is 1. The zero-order valence-corrected chi connectivity index (χ0v) is 17.7. The third-order valence-corrected chi connectivity index (χ3v) is 5.76. The third kappa shape index (κ3) is 5.77. The lowest BCUT2D eigenvalue weighted by Gasteiger charge is -2.41. The van der Waals surface area contributed by atoms with Crippen LogP contribution in [0.1, 0.15) is 25.5 Å². The minimum absolute atomic E-state index is 0.170. The van der Waals surface area contributed by atoms with Crippen molar-refractivity contribution in [2.45, 2.75) is 38.3 Å². The Labute approximate surface area is 172 Å². The van der Waals surface area contributed by atoms with E-state index < -0.39 is 10.0 Å². The maximum Gasteiger partial charge on any atom is 0.317 e. The van der Waals surface area contributed by atoms with Gasteiger partial charge in [0.1, 0.15) is 0 Å². The highest BCUT2D eigenvalue weighted by molar-refractivity contribution is 7.88. The predicted molar refractivity (Wildman–Crippen MR) is 114 cm³/mol. The van der Waals surface area contributed by atoms with Crippen LogP contribution >= 0.6 is 0 Å². The van der Waals surface area contributed by atoms with E-state index in [1.165, 1.54) is 0 Å². The molecule has 3 rings (SSSR count). The van der Waals surface area contributed by atoms with Gasteiger partial charge in [0.05, 0.1) is 18.0 Å². The molecule has 0 unspecified atom stereocenters. The van der Waals surface area contributed by atoms with Gasteiger partial charge in [0, 0.05) is 36.8 Å². The van der Waals surface area contributed by atoms with Crippen molar-refractivity contribution < 1.29 is 13.2 Å². The fourth-order valence-electron chi connectivity index (χ4n) is 3.80. The number of carbonyl (C=O) groups is 1. The van der Waals surface area contributed by atoms with Crippen molar-refractivity contribution in [1.82, 2.24) is 19.9 Å². The number of pyridine rings is 1. The maximum atomic E-state index is 12.6. The Morgan fingerprint density at radius 3 is 2.62 bits per heavy atom. The zero-order chi connectivity index (χ0) is 20.9. The van der Waals surface area contributed by atoms with Gasteiger partial charge in [0.15, 0.2) is 0 Å². The lowest BCUT2D eigenvalue weighted by Crippen LogP contribution is -2.59. The van der Waals surface area contributed by atoms with Crippen LogP contribution in [0.3, 0.4) is 0 Å². The van der Waals surface area contributed by atoms with Gasteiger partial charge in [0.2, 0.25) is 10.0 Å². The van der Waals surface area contributed by atoms with Crippen molar-refractivity contribution in [2.75, 3.05) is 19.3 Å². The summed E-state index contributed by atoms with van der Waals surface area (Å²) in [7, 11) is -3.39. The molecule has 1 fully saturated rings. The first-order chi connectivity index (χ1) is 13.9. The lowest BCUT2D eigenvalue weighted by molar-refractivity contribution is 0.133. The Balaban J connectivity index is 1.89. The first-order valence-electron chi connectivity index (χ1n) is 9.90. The van der Waals surface area contributed by atoms with Crippen LogP contribution in [0.2, 0.25) is 0 Å². The molecule has 1 aliphatic heterocycles. The molecule has 1 saturated heterocycles. The summed E-state index contributed by atoms with van der Waals surface area (Å²) in [4.78, 5) is 19.1. The molecule has 0 saturated carbocycles. The number of hydrogen-bond donors (Lipinski definition) is 2. The number of piperidine rings is 1. The van der Waals surface area contributed by atoms with Crippen molar-refractivity contribution in [3.63, 3.8) is 0 Å². The number of amides is 2. The minimum atomic E-state index is -3.39. The van der Waals surface area contributed by atoms with Crippen LogP contribution in [0.5, 0.6) is 0 Å². The first-order valence-corrected chi connectivity index (χ1v) is 11.8. The molecule has 1 aliphatic rings. The molecule has 8 heteroatoms. The summed E-state index contributed by atoms with van der Waals surface area (Å²) in [6.07, 6.45) is 3.07. The van der Waals surface area contributed by atoms with Gasteiger partial charge in [-0.2, -0.15) is 0 Å². The Bertz CT molecular complexity index is 934. The molecular formula is C21H28N4O3S. The highest BCUT2D eigenvalue weighted by Gasteiger charge is 2.36. The monoisotopic (exact) mass is 416 g/mol. The Morgan fingerprint density at radius 2 is 1.93 bits per heavy atom. The van der Waals surface area contributed by atoms with Gasteiger partial charge in [-0.25, -0.2) is 17.9 Å². The number of nitrogens with zero attached hydrogens (tertiary/aromatic N) is 2. The van der Waals surface area contributed by atoms with E-state index in [-0.39, 0.29) is 18.1 Å². The maximum absolute atomic E-state index is 12.6. The van der Waals surface area contributed by atoms with Crippen molar-refractivity contribution in [2.24, 2.45) is 0 Å². The van der Waals surface area contributed by atoms with E-state index in [0.29, 0.717) is 25.9 Å². The fourth-order valence-corrected chi connectivity index (χ4v) is 4.63. The lowest BCUT2D eigenvalue weighted by atomic mass is 9.93. The summed E-state index contributed by atoms with van der Waals surface area (Å²) >= 11 is 0. The summed E-state index contributed by atoms with van der Waals surface area (Å²) in [5.74, 6) is 0. The molecule has 2 heterocycles. The number of aromatic nitrogens is 1. The van der Waals surface area contributed by atoms with Crippen molar-refractivity contribution in [1.29, 1.82) is 0 Å². The van der Waals surface area contributed by atoms with Crippen molar-refractivity contribution in [3.05, 3.63) is 54.2 Å². The predicted octanol–water partition coefficient (Wildman–Crippen LogP) is 2.40. The SMILES string of the molecule is CCNC(=O)N1CCC[C@H](NS(C)(=O)=O)[C@@H]1Cc1cccc(-c2ccccc2)n1. The minimum Gasteiger partial charge on any atom is -0.338 e. The van der Waals surface area contributed by atoms with Crippen molar-refractivity contribution in [3.8, 4) is 11.3 Å². The molecule has 29 heavy (non-hydrogen) atoms. The summed E-state index contributed by atoms with van der Waals surface area (Å²) in [5.41, 5.74) is 2.70. The summed E-state index contributed by atoms with van der Waals surface area (Å²) < 4.78 is 26.5. The quantitative estimate of drug-likeness (QED) is 0.756. The molecule has 2 amide bonds.